The summed E-state index contributed by atoms with van der Waals surface area (Å²) in [6.45, 7) is 1.91. The van der Waals surface area contributed by atoms with Crippen molar-refractivity contribution < 1.29 is 9.53 Å². The van der Waals surface area contributed by atoms with Crippen molar-refractivity contribution in [1.29, 1.82) is 0 Å². The Kier molecular flexibility index (Phi) is 3.22. The second-order valence-corrected chi connectivity index (χ2v) is 4.34. The Morgan fingerprint density at radius 1 is 1.35 bits per heavy atom. The summed E-state index contributed by atoms with van der Waals surface area (Å²) < 4.78 is 4.62. The van der Waals surface area contributed by atoms with Crippen LogP contribution < -0.4 is 0 Å². The Bertz CT molecular complexity index is 611. The molecule has 5 heteroatoms. The molecule has 3 nitrogen and oxygen atoms in total. The summed E-state index contributed by atoms with van der Waals surface area (Å²) in [5, 5.41) is 2.18. The summed E-state index contributed by atoms with van der Waals surface area (Å²) >= 11 is 12.1. The van der Waals surface area contributed by atoms with E-state index in [4.69, 9.17) is 23.2 Å². The minimum atomic E-state index is -0.520. The van der Waals surface area contributed by atoms with Gasteiger partial charge in [0.05, 0.1) is 12.1 Å². The third-order valence-electron chi connectivity index (χ3n) is 2.51. The average Bonchev–Trinajstić information content (AvgIpc) is 2.32. The highest BCUT2D eigenvalue weighted by atomic mass is 35.5. The number of methoxy groups -OCH3 is 1. The molecular weight excluding hydrogens is 261 g/mol. The lowest BCUT2D eigenvalue weighted by Crippen LogP contribution is -2.04. The van der Waals surface area contributed by atoms with Crippen molar-refractivity contribution in [3.8, 4) is 0 Å². The van der Waals surface area contributed by atoms with Crippen molar-refractivity contribution >= 4 is 39.9 Å². The highest BCUT2D eigenvalue weighted by Gasteiger charge is 2.14. The number of pyridine rings is 1. The van der Waals surface area contributed by atoms with Crippen molar-refractivity contribution in [2.45, 2.75) is 6.92 Å². The van der Waals surface area contributed by atoms with E-state index in [-0.39, 0.29) is 10.8 Å². The van der Waals surface area contributed by atoms with Gasteiger partial charge in [-0.1, -0.05) is 29.3 Å². The van der Waals surface area contributed by atoms with Crippen molar-refractivity contribution in [1.82, 2.24) is 4.98 Å². The predicted octanol–water partition coefficient (Wildman–Crippen LogP) is 3.64. The fourth-order valence-corrected chi connectivity index (χ4v) is 2.23. The van der Waals surface area contributed by atoms with Gasteiger partial charge in [0.1, 0.15) is 5.15 Å². The molecule has 0 unspecified atom stereocenters. The van der Waals surface area contributed by atoms with Crippen molar-refractivity contribution in [3.63, 3.8) is 0 Å². The Hall–Kier alpha value is -1.32. The zero-order valence-corrected chi connectivity index (χ0v) is 10.8. The number of fused-ring (bicyclic) bond motifs is 1. The van der Waals surface area contributed by atoms with E-state index in [2.05, 4.69) is 9.72 Å². The molecule has 2 aromatic rings. The first-order chi connectivity index (χ1) is 8.04. The molecule has 2 rings (SSSR count). The quantitative estimate of drug-likeness (QED) is 0.586. The number of nitrogens with zero attached hydrogens (tertiary/aromatic N) is 1. The number of aryl methyl sites for hydroxylation is 1. The van der Waals surface area contributed by atoms with Crippen molar-refractivity contribution in [2.24, 2.45) is 0 Å². The zero-order valence-electron chi connectivity index (χ0n) is 9.25. The van der Waals surface area contributed by atoms with Gasteiger partial charge in [-0.3, -0.25) is 0 Å². The van der Waals surface area contributed by atoms with Gasteiger partial charge in [0.2, 0.25) is 0 Å². The molecule has 1 aromatic heterocycles. The molecule has 0 N–H and O–H groups in total. The molecule has 1 aromatic carbocycles. The molecule has 17 heavy (non-hydrogen) atoms. The summed E-state index contributed by atoms with van der Waals surface area (Å²) in [6.07, 6.45) is 0. The molecular formula is C12H9Cl2NO2. The lowest BCUT2D eigenvalue weighted by atomic mass is 10.1. The van der Waals surface area contributed by atoms with Gasteiger partial charge in [-0.05, 0) is 30.0 Å². The summed E-state index contributed by atoms with van der Waals surface area (Å²) in [5.74, 6) is -0.520. The van der Waals surface area contributed by atoms with Crippen LogP contribution in [0.2, 0.25) is 10.2 Å². The Morgan fingerprint density at radius 3 is 2.71 bits per heavy atom. The van der Waals surface area contributed by atoms with Gasteiger partial charge in [-0.25, -0.2) is 9.78 Å². The normalized spacial score (nSPS) is 10.6. The number of halogens is 2. The third-order valence-corrected chi connectivity index (χ3v) is 3.10. The summed E-state index contributed by atoms with van der Waals surface area (Å²) in [4.78, 5) is 15.4. The molecule has 0 saturated heterocycles. The molecule has 0 saturated carbocycles. The number of benzene rings is 1. The molecule has 0 fully saturated rings. The van der Waals surface area contributed by atoms with E-state index in [1.165, 1.54) is 7.11 Å². The van der Waals surface area contributed by atoms with Gasteiger partial charge in [-0.15, -0.1) is 0 Å². The van der Waals surface area contributed by atoms with Crippen LogP contribution in [0.5, 0.6) is 0 Å². The van der Waals surface area contributed by atoms with E-state index < -0.39 is 5.97 Å². The van der Waals surface area contributed by atoms with Crippen LogP contribution in [-0.2, 0) is 4.74 Å². The maximum absolute atomic E-state index is 11.4. The van der Waals surface area contributed by atoms with Crippen LogP contribution in [0.4, 0.5) is 0 Å². The molecule has 88 valence electrons. The third kappa shape index (κ3) is 2.08. The molecule has 0 amide bonds. The Labute approximate surface area is 108 Å². The van der Waals surface area contributed by atoms with Crippen LogP contribution in [0.25, 0.3) is 10.8 Å². The maximum atomic E-state index is 11.4. The number of carbonyl (C=O) groups is 1. The molecule has 0 spiro atoms. The summed E-state index contributed by atoms with van der Waals surface area (Å²) in [7, 11) is 1.30. The smallest absolute Gasteiger partial charge is 0.356 e. The highest BCUT2D eigenvalue weighted by molar-refractivity contribution is 6.41. The standard InChI is InChI=1S/C12H9Cl2NO2/c1-6-3-4-8(13)10-7(6)5-9(12(16)17-2)15-11(10)14/h3-5H,1-2H3. The van der Waals surface area contributed by atoms with E-state index in [1.807, 2.05) is 13.0 Å². The Morgan fingerprint density at radius 2 is 2.06 bits per heavy atom. The van der Waals surface area contributed by atoms with Gasteiger partial charge in [0.25, 0.3) is 0 Å². The SMILES string of the molecule is COC(=O)c1cc2c(C)ccc(Cl)c2c(Cl)n1. The van der Waals surface area contributed by atoms with E-state index >= 15 is 0 Å². The topological polar surface area (TPSA) is 39.2 Å². The molecule has 1 heterocycles. The van der Waals surface area contributed by atoms with Crippen LogP contribution in [0.1, 0.15) is 16.1 Å². The molecule has 0 bridgehead atoms. The second-order valence-electron chi connectivity index (χ2n) is 3.58. The number of hydrogen-bond donors (Lipinski definition) is 0. The first kappa shape index (κ1) is 12.1. The van der Waals surface area contributed by atoms with Gasteiger partial charge >= 0.3 is 5.97 Å². The number of hydrogen-bond acceptors (Lipinski definition) is 3. The van der Waals surface area contributed by atoms with Crippen LogP contribution >= 0.6 is 23.2 Å². The predicted molar refractivity (Wildman–Crippen MR) is 67.8 cm³/mol. The average molecular weight is 270 g/mol. The van der Waals surface area contributed by atoms with Crippen LogP contribution in [-0.4, -0.2) is 18.1 Å². The van der Waals surface area contributed by atoms with E-state index in [0.717, 1.165) is 10.9 Å². The van der Waals surface area contributed by atoms with Gasteiger partial charge < -0.3 is 4.74 Å². The second kappa shape index (κ2) is 4.51. The van der Waals surface area contributed by atoms with Crippen LogP contribution in [0.3, 0.4) is 0 Å². The number of aromatic nitrogens is 1. The molecule has 0 aliphatic rings. The van der Waals surface area contributed by atoms with E-state index in [9.17, 15) is 4.79 Å². The fourth-order valence-electron chi connectivity index (χ4n) is 1.63. The maximum Gasteiger partial charge on any atom is 0.356 e. The monoisotopic (exact) mass is 269 g/mol. The number of esters is 1. The Balaban J connectivity index is 2.82. The first-order valence-corrected chi connectivity index (χ1v) is 5.64. The summed E-state index contributed by atoms with van der Waals surface area (Å²) in [5.41, 5.74) is 1.15. The zero-order chi connectivity index (χ0) is 12.6. The van der Waals surface area contributed by atoms with Gasteiger partial charge in [-0.2, -0.15) is 0 Å². The minimum Gasteiger partial charge on any atom is -0.464 e. The first-order valence-electron chi connectivity index (χ1n) is 4.88. The molecule has 0 aliphatic heterocycles. The van der Waals surface area contributed by atoms with Gasteiger partial charge in [0.15, 0.2) is 5.69 Å². The van der Waals surface area contributed by atoms with Gasteiger partial charge in [0, 0.05) is 5.39 Å². The molecule has 0 aliphatic carbocycles. The van der Waals surface area contributed by atoms with E-state index in [1.54, 1.807) is 12.1 Å². The number of rotatable bonds is 1. The lowest BCUT2D eigenvalue weighted by molar-refractivity contribution is 0.0594. The number of ether oxygens (including phenoxy) is 1. The lowest BCUT2D eigenvalue weighted by Gasteiger charge is -2.07. The summed E-state index contributed by atoms with van der Waals surface area (Å²) in [6, 6.07) is 5.25. The van der Waals surface area contributed by atoms with Crippen LogP contribution in [0, 0.1) is 6.92 Å². The van der Waals surface area contributed by atoms with Crippen LogP contribution in [0.15, 0.2) is 18.2 Å². The van der Waals surface area contributed by atoms with Crippen molar-refractivity contribution in [2.75, 3.05) is 7.11 Å². The number of carbonyl (C=O) groups excluding carboxylic acids is 1. The minimum absolute atomic E-state index is 0.176. The van der Waals surface area contributed by atoms with Crippen molar-refractivity contribution in [3.05, 3.63) is 39.6 Å². The highest BCUT2D eigenvalue weighted by Crippen LogP contribution is 2.31. The largest absolute Gasteiger partial charge is 0.464 e. The fraction of sp³-hybridized carbons (Fsp3) is 0.167. The van der Waals surface area contributed by atoms with E-state index in [0.29, 0.717) is 10.4 Å². The molecule has 0 radical (unpaired) electrons. The molecule has 0 atom stereocenters.